The van der Waals surface area contributed by atoms with Crippen LogP contribution in [0, 0.1) is 0 Å². The summed E-state index contributed by atoms with van der Waals surface area (Å²) in [4.78, 5) is 11.8. The van der Waals surface area contributed by atoms with Crippen molar-refractivity contribution in [3.63, 3.8) is 0 Å². The summed E-state index contributed by atoms with van der Waals surface area (Å²) in [6, 6.07) is 0. The first-order valence-electron chi connectivity index (χ1n) is 4.93. The van der Waals surface area contributed by atoms with Crippen molar-refractivity contribution in [2.45, 2.75) is 0 Å². The van der Waals surface area contributed by atoms with Crippen molar-refractivity contribution in [1.82, 2.24) is 14.9 Å². The van der Waals surface area contributed by atoms with Crippen LogP contribution < -0.4 is 4.90 Å². The van der Waals surface area contributed by atoms with Crippen LogP contribution in [0.4, 0.5) is 5.82 Å². The molecule has 1 aromatic heterocycles. The number of aromatic nitrogens is 2. The standard InChI is InChI=1S/C9H12Cl2N4O/c1-14-2-4-15(5-3-14)8-6(16)7(10)12-9(11)13-8/h16H,2-5H2,1H3. The van der Waals surface area contributed by atoms with Gasteiger partial charge in [0.05, 0.1) is 0 Å². The predicted octanol–water partition coefficient (Wildman–Crippen LogP) is 1.24. The zero-order valence-corrected chi connectivity index (χ0v) is 10.3. The van der Waals surface area contributed by atoms with Crippen LogP contribution in [0.5, 0.6) is 5.75 Å². The quantitative estimate of drug-likeness (QED) is 0.610. The minimum atomic E-state index is -0.101. The molecule has 7 heteroatoms. The van der Waals surface area contributed by atoms with Crippen LogP contribution >= 0.6 is 23.2 Å². The Balaban J connectivity index is 2.26. The lowest BCUT2D eigenvalue weighted by molar-refractivity contribution is 0.310. The van der Waals surface area contributed by atoms with Crippen molar-refractivity contribution in [2.75, 3.05) is 38.1 Å². The summed E-state index contributed by atoms with van der Waals surface area (Å²) in [7, 11) is 2.05. The van der Waals surface area contributed by atoms with Gasteiger partial charge in [0.15, 0.2) is 16.7 Å². The average Bonchev–Trinajstić information content (AvgIpc) is 2.25. The highest BCUT2D eigenvalue weighted by Crippen LogP contribution is 2.32. The third kappa shape index (κ3) is 2.31. The highest BCUT2D eigenvalue weighted by atomic mass is 35.5. The average molecular weight is 263 g/mol. The van der Waals surface area contributed by atoms with Gasteiger partial charge in [-0.3, -0.25) is 0 Å². The Morgan fingerprint density at radius 2 is 1.75 bits per heavy atom. The van der Waals surface area contributed by atoms with E-state index in [2.05, 4.69) is 21.9 Å². The Kier molecular flexibility index (Phi) is 3.37. The molecule has 1 aromatic rings. The number of likely N-dealkylation sites (N-methyl/N-ethyl adjacent to an activating group) is 1. The van der Waals surface area contributed by atoms with E-state index in [4.69, 9.17) is 23.2 Å². The topological polar surface area (TPSA) is 52.5 Å². The first-order chi connectivity index (χ1) is 7.58. The van der Waals surface area contributed by atoms with Gasteiger partial charge >= 0.3 is 0 Å². The second-order valence-electron chi connectivity index (χ2n) is 3.75. The largest absolute Gasteiger partial charge is 0.502 e. The van der Waals surface area contributed by atoms with E-state index in [0.29, 0.717) is 5.82 Å². The molecule has 0 bridgehead atoms. The van der Waals surface area contributed by atoms with Crippen molar-refractivity contribution in [2.24, 2.45) is 0 Å². The maximum Gasteiger partial charge on any atom is 0.226 e. The van der Waals surface area contributed by atoms with Gasteiger partial charge in [0.2, 0.25) is 5.28 Å². The van der Waals surface area contributed by atoms with Crippen LogP contribution in [0.25, 0.3) is 0 Å². The van der Waals surface area contributed by atoms with Gasteiger partial charge in [0.25, 0.3) is 0 Å². The van der Waals surface area contributed by atoms with Gasteiger partial charge in [-0.05, 0) is 18.6 Å². The molecule has 5 nitrogen and oxygen atoms in total. The summed E-state index contributed by atoms with van der Waals surface area (Å²) in [6.45, 7) is 3.40. The molecule has 0 spiro atoms. The Morgan fingerprint density at radius 3 is 2.38 bits per heavy atom. The lowest BCUT2D eigenvalue weighted by Gasteiger charge is -2.33. The molecular formula is C9H12Cl2N4O. The molecule has 88 valence electrons. The predicted molar refractivity (Wildman–Crippen MR) is 63.4 cm³/mol. The zero-order valence-electron chi connectivity index (χ0n) is 8.82. The fourth-order valence-electron chi connectivity index (χ4n) is 1.63. The summed E-state index contributed by atoms with van der Waals surface area (Å²) in [6.07, 6.45) is 0. The SMILES string of the molecule is CN1CCN(c2nc(Cl)nc(Cl)c2O)CC1. The molecule has 0 atom stereocenters. The van der Waals surface area contributed by atoms with E-state index in [-0.39, 0.29) is 16.2 Å². The maximum atomic E-state index is 9.77. The van der Waals surface area contributed by atoms with E-state index in [1.165, 1.54) is 0 Å². The first-order valence-corrected chi connectivity index (χ1v) is 5.69. The van der Waals surface area contributed by atoms with Gasteiger partial charge in [-0.15, -0.1) is 0 Å². The molecule has 0 radical (unpaired) electrons. The number of aromatic hydroxyl groups is 1. The van der Waals surface area contributed by atoms with E-state index >= 15 is 0 Å². The summed E-state index contributed by atoms with van der Waals surface area (Å²) in [5.74, 6) is 0.314. The fraction of sp³-hybridized carbons (Fsp3) is 0.556. The van der Waals surface area contributed by atoms with Crippen molar-refractivity contribution in [1.29, 1.82) is 0 Å². The van der Waals surface area contributed by atoms with Crippen LogP contribution in [0.1, 0.15) is 0 Å². The minimum Gasteiger partial charge on any atom is -0.502 e. The third-order valence-corrected chi connectivity index (χ3v) is 3.03. The lowest BCUT2D eigenvalue weighted by atomic mass is 10.3. The van der Waals surface area contributed by atoms with E-state index in [9.17, 15) is 5.11 Å². The van der Waals surface area contributed by atoms with Crippen molar-refractivity contribution < 1.29 is 5.11 Å². The molecule has 2 heterocycles. The first kappa shape index (κ1) is 11.7. The normalized spacial score (nSPS) is 17.8. The number of hydrogen-bond acceptors (Lipinski definition) is 5. The minimum absolute atomic E-state index is 0.00562. The van der Waals surface area contributed by atoms with Gasteiger partial charge in [-0.1, -0.05) is 11.6 Å². The zero-order chi connectivity index (χ0) is 11.7. The molecule has 1 saturated heterocycles. The smallest absolute Gasteiger partial charge is 0.226 e. The monoisotopic (exact) mass is 262 g/mol. The van der Waals surface area contributed by atoms with Gasteiger partial charge in [0, 0.05) is 26.2 Å². The van der Waals surface area contributed by atoms with Crippen LogP contribution in [0.3, 0.4) is 0 Å². The molecule has 16 heavy (non-hydrogen) atoms. The Labute approximate surface area is 104 Å². The fourth-order valence-corrected chi connectivity index (χ4v) is 2.00. The van der Waals surface area contributed by atoms with Crippen LogP contribution in [-0.2, 0) is 0 Å². The van der Waals surface area contributed by atoms with E-state index in [1.807, 2.05) is 4.90 Å². The summed E-state index contributed by atoms with van der Waals surface area (Å²) >= 11 is 11.5. The van der Waals surface area contributed by atoms with E-state index in [1.54, 1.807) is 0 Å². The maximum absolute atomic E-state index is 9.77. The molecule has 1 N–H and O–H groups in total. The molecule has 1 aliphatic heterocycles. The molecule has 0 unspecified atom stereocenters. The number of rotatable bonds is 1. The highest BCUT2D eigenvalue weighted by molar-refractivity contribution is 6.33. The summed E-state index contributed by atoms with van der Waals surface area (Å²) in [5.41, 5.74) is 0. The Hall–Kier alpha value is -0.780. The molecule has 1 fully saturated rings. The summed E-state index contributed by atoms with van der Waals surface area (Å²) in [5, 5.41) is 9.82. The van der Waals surface area contributed by atoms with Crippen LogP contribution in [0.15, 0.2) is 0 Å². The number of anilines is 1. The lowest BCUT2D eigenvalue weighted by Crippen LogP contribution is -2.44. The van der Waals surface area contributed by atoms with Gasteiger partial charge in [-0.2, -0.15) is 4.98 Å². The second-order valence-corrected chi connectivity index (χ2v) is 4.44. The van der Waals surface area contributed by atoms with Crippen LogP contribution in [-0.4, -0.2) is 53.2 Å². The second kappa shape index (κ2) is 4.61. The highest BCUT2D eigenvalue weighted by Gasteiger charge is 2.21. The number of halogens is 2. The van der Waals surface area contributed by atoms with Gasteiger partial charge in [0.1, 0.15) is 0 Å². The molecule has 2 rings (SSSR count). The van der Waals surface area contributed by atoms with Gasteiger partial charge in [-0.25, -0.2) is 4.98 Å². The van der Waals surface area contributed by atoms with Crippen molar-refractivity contribution in [3.8, 4) is 5.75 Å². The number of piperazine rings is 1. The number of nitrogens with zero attached hydrogens (tertiary/aromatic N) is 4. The molecular weight excluding hydrogens is 251 g/mol. The van der Waals surface area contributed by atoms with Gasteiger partial charge < -0.3 is 14.9 Å². The van der Waals surface area contributed by atoms with E-state index < -0.39 is 0 Å². The van der Waals surface area contributed by atoms with E-state index in [0.717, 1.165) is 26.2 Å². The number of hydrogen-bond donors (Lipinski definition) is 1. The Morgan fingerprint density at radius 1 is 1.12 bits per heavy atom. The Bertz CT molecular complexity index is 393. The van der Waals surface area contributed by atoms with Crippen molar-refractivity contribution in [3.05, 3.63) is 10.4 Å². The molecule has 0 aromatic carbocycles. The summed E-state index contributed by atoms with van der Waals surface area (Å²) < 4.78 is 0. The molecule has 0 aliphatic carbocycles. The van der Waals surface area contributed by atoms with Crippen molar-refractivity contribution >= 4 is 29.0 Å². The molecule has 1 aliphatic rings. The third-order valence-electron chi connectivity index (χ3n) is 2.60. The molecule has 0 saturated carbocycles. The molecule has 0 amide bonds. The van der Waals surface area contributed by atoms with Crippen LogP contribution in [0.2, 0.25) is 10.4 Å².